The predicted octanol–water partition coefficient (Wildman–Crippen LogP) is 3.86. The van der Waals surface area contributed by atoms with E-state index in [2.05, 4.69) is 19.2 Å². The van der Waals surface area contributed by atoms with Crippen LogP contribution in [-0.2, 0) is 18.6 Å². The van der Waals surface area contributed by atoms with Crippen LogP contribution in [0.3, 0.4) is 0 Å². The smallest absolute Gasteiger partial charge is 0.142 e. The first-order chi connectivity index (χ1) is 9.33. The number of hydrogen-bond donors (Lipinski definition) is 1. The average molecular weight is 293 g/mol. The van der Waals surface area contributed by atoms with Gasteiger partial charge in [0.1, 0.15) is 16.5 Å². The predicted molar refractivity (Wildman–Crippen MR) is 85.4 cm³/mol. The minimum atomic E-state index is 0.910. The molecule has 0 saturated heterocycles. The topological polar surface area (TPSA) is 37.8 Å². The van der Waals surface area contributed by atoms with Gasteiger partial charge in [0.2, 0.25) is 0 Å². The van der Waals surface area contributed by atoms with Crippen LogP contribution < -0.4 is 5.32 Å². The summed E-state index contributed by atoms with van der Waals surface area (Å²) < 4.78 is 0. The van der Waals surface area contributed by atoms with E-state index in [9.17, 15) is 0 Å². The van der Waals surface area contributed by atoms with E-state index < -0.39 is 0 Å². The Bertz CT molecular complexity index is 592. The standard InChI is InChI=1S/C14H19N3S2/c1-3-15-13-12-9-6-5-7-10(9)19-14(12)17-11(16-13)8-18-4-2/h3-8H2,1-2H3,(H,15,16,17). The second-order valence-electron chi connectivity index (χ2n) is 4.69. The fourth-order valence-electron chi connectivity index (χ4n) is 2.59. The van der Waals surface area contributed by atoms with Crippen molar-refractivity contribution < 1.29 is 0 Å². The van der Waals surface area contributed by atoms with Crippen LogP contribution in [0.1, 0.15) is 36.5 Å². The number of hydrogen-bond acceptors (Lipinski definition) is 5. The monoisotopic (exact) mass is 293 g/mol. The Kier molecular flexibility index (Phi) is 3.93. The molecule has 0 unspecified atom stereocenters. The molecule has 3 rings (SSSR count). The lowest BCUT2D eigenvalue weighted by Crippen LogP contribution is -2.04. The minimum Gasteiger partial charge on any atom is -0.370 e. The summed E-state index contributed by atoms with van der Waals surface area (Å²) in [5.41, 5.74) is 1.51. The molecule has 102 valence electrons. The molecule has 0 atom stereocenters. The maximum Gasteiger partial charge on any atom is 0.142 e. The number of aromatic nitrogens is 2. The van der Waals surface area contributed by atoms with E-state index >= 15 is 0 Å². The molecule has 1 aliphatic carbocycles. The lowest BCUT2D eigenvalue weighted by atomic mass is 10.2. The van der Waals surface area contributed by atoms with Crippen LogP contribution in [0.5, 0.6) is 0 Å². The third kappa shape index (κ3) is 2.46. The molecule has 2 heterocycles. The van der Waals surface area contributed by atoms with Gasteiger partial charge in [0.25, 0.3) is 0 Å². The molecule has 19 heavy (non-hydrogen) atoms. The molecule has 2 aromatic heterocycles. The molecule has 1 N–H and O–H groups in total. The van der Waals surface area contributed by atoms with Gasteiger partial charge in [0.05, 0.1) is 11.1 Å². The average Bonchev–Trinajstić information content (AvgIpc) is 2.96. The molecular weight excluding hydrogens is 274 g/mol. The number of thioether (sulfide) groups is 1. The zero-order chi connectivity index (χ0) is 13.2. The first kappa shape index (κ1) is 13.2. The van der Waals surface area contributed by atoms with Crippen LogP contribution in [0.4, 0.5) is 5.82 Å². The summed E-state index contributed by atoms with van der Waals surface area (Å²) in [6, 6.07) is 0. The molecule has 0 bridgehead atoms. The largest absolute Gasteiger partial charge is 0.370 e. The van der Waals surface area contributed by atoms with E-state index in [1.807, 2.05) is 23.1 Å². The van der Waals surface area contributed by atoms with Crippen LogP contribution in [-0.4, -0.2) is 22.3 Å². The van der Waals surface area contributed by atoms with Crippen molar-refractivity contribution in [3.05, 3.63) is 16.3 Å². The van der Waals surface area contributed by atoms with Crippen molar-refractivity contribution in [2.75, 3.05) is 17.6 Å². The van der Waals surface area contributed by atoms with Gasteiger partial charge < -0.3 is 5.32 Å². The van der Waals surface area contributed by atoms with Crippen LogP contribution in [0.25, 0.3) is 10.2 Å². The molecule has 5 heteroatoms. The second-order valence-corrected chi connectivity index (χ2v) is 7.05. The highest BCUT2D eigenvalue weighted by Crippen LogP contribution is 2.39. The van der Waals surface area contributed by atoms with Crippen molar-refractivity contribution in [1.29, 1.82) is 0 Å². The third-order valence-electron chi connectivity index (χ3n) is 3.39. The summed E-state index contributed by atoms with van der Waals surface area (Å²) in [7, 11) is 0. The normalized spacial score (nSPS) is 14.0. The van der Waals surface area contributed by atoms with Gasteiger partial charge in [-0.1, -0.05) is 6.92 Å². The number of anilines is 1. The van der Waals surface area contributed by atoms with E-state index in [0.717, 1.165) is 29.7 Å². The fraction of sp³-hybridized carbons (Fsp3) is 0.571. The molecule has 0 amide bonds. The molecule has 2 aromatic rings. The van der Waals surface area contributed by atoms with Crippen molar-refractivity contribution in [1.82, 2.24) is 9.97 Å². The fourth-order valence-corrected chi connectivity index (χ4v) is 4.39. The molecular formula is C14H19N3S2. The Hall–Kier alpha value is -0.810. The molecule has 0 aromatic carbocycles. The zero-order valence-electron chi connectivity index (χ0n) is 11.5. The number of nitrogens with one attached hydrogen (secondary N) is 1. The molecule has 0 aliphatic heterocycles. The van der Waals surface area contributed by atoms with E-state index in [1.165, 1.54) is 39.9 Å². The first-order valence-electron chi connectivity index (χ1n) is 6.96. The molecule has 0 radical (unpaired) electrons. The second kappa shape index (κ2) is 5.67. The van der Waals surface area contributed by atoms with Crippen LogP contribution in [0.2, 0.25) is 0 Å². The van der Waals surface area contributed by atoms with Crippen molar-refractivity contribution in [3.8, 4) is 0 Å². The zero-order valence-corrected chi connectivity index (χ0v) is 13.1. The van der Waals surface area contributed by atoms with E-state index in [0.29, 0.717) is 0 Å². The number of nitrogens with zero attached hydrogens (tertiary/aromatic N) is 2. The summed E-state index contributed by atoms with van der Waals surface area (Å²) in [6.45, 7) is 5.21. The van der Waals surface area contributed by atoms with E-state index in [4.69, 9.17) is 9.97 Å². The van der Waals surface area contributed by atoms with Crippen molar-refractivity contribution >= 4 is 39.1 Å². The highest BCUT2D eigenvalue weighted by Gasteiger charge is 2.21. The van der Waals surface area contributed by atoms with Crippen molar-refractivity contribution in [2.45, 2.75) is 38.9 Å². The Morgan fingerprint density at radius 2 is 2.16 bits per heavy atom. The molecule has 0 spiro atoms. The van der Waals surface area contributed by atoms with Gasteiger partial charge in [-0.05, 0) is 37.5 Å². The molecule has 3 nitrogen and oxygen atoms in total. The van der Waals surface area contributed by atoms with E-state index in [-0.39, 0.29) is 0 Å². The van der Waals surface area contributed by atoms with Gasteiger partial charge in [-0.2, -0.15) is 11.8 Å². The SMILES string of the molecule is CCNc1nc(CSCC)nc2sc3c(c12)CCC3. The highest BCUT2D eigenvalue weighted by molar-refractivity contribution is 7.98. The maximum absolute atomic E-state index is 4.77. The lowest BCUT2D eigenvalue weighted by molar-refractivity contribution is 0.916. The Labute approximate surface area is 122 Å². The van der Waals surface area contributed by atoms with Crippen molar-refractivity contribution in [3.63, 3.8) is 0 Å². The quantitative estimate of drug-likeness (QED) is 0.908. The Morgan fingerprint density at radius 3 is 2.95 bits per heavy atom. The highest BCUT2D eigenvalue weighted by atomic mass is 32.2. The van der Waals surface area contributed by atoms with Gasteiger partial charge in [-0.25, -0.2) is 9.97 Å². The van der Waals surface area contributed by atoms with Crippen LogP contribution >= 0.6 is 23.1 Å². The number of thiophene rings is 1. The molecule has 0 saturated carbocycles. The summed E-state index contributed by atoms with van der Waals surface area (Å²) in [5.74, 6) is 4.04. The van der Waals surface area contributed by atoms with Crippen LogP contribution in [0, 0.1) is 0 Å². The van der Waals surface area contributed by atoms with Gasteiger partial charge >= 0.3 is 0 Å². The van der Waals surface area contributed by atoms with Crippen LogP contribution in [0.15, 0.2) is 0 Å². The summed E-state index contributed by atoms with van der Waals surface area (Å²) >= 11 is 3.75. The molecule has 0 fully saturated rings. The van der Waals surface area contributed by atoms with Gasteiger partial charge in [-0.15, -0.1) is 11.3 Å². The van der Waals surface area contributed by atoms with Crippen molar-refractivity contribution in [2.24, 2.45) is 0 Å². The number of fused-ring (bicyclic) bond motifs is 3. The maximum atomic E-state index is 4.77. The summed E-state index contributed by atoms with van der Waals surface area (Å²) in [5, 5.41) is 4.73. The Balaban J connectivity index is 2.09. The van der Waals surface area contributed by atoms with Gasteiger partial charge in [0.15, 0.2) is 0 Å². The number of aryl methyl sites for hydroxylation is 2. The molecule has 1 aliphatic rings. The Morgan fingerprint density at radius 1 is 1.26 bits per heavy atom. The number of rotatable bonds is 5. The first-order valence-corrected chi connectivity index (χ1v) is 8.93. The summed E-state index contributed by atoms with van der Waals surface area (Å²) in [4.78, 5) is 12.2. The van der Waals surface area contributed by atoms with Gasteiger partial charge in [-0.3, -0.25) is 0 Å². The lowest BCUT2D eigenvalue weighted by Gasteiger charge is -2.08. The van der Waals surface area contributed by atoms with E-state index in [1.54, 1.807) is 0 Å². The summed E-state index contributed by atoms with van der Waals surface area (Å²) in [6.07, 6.45) is 3.71. The minimum absolute atomic E-state index is 0.910. The third-order valence-corrected chi connectivity index (χ3v) is 5.45. The van der Waals surface area contributed by atoms with Gasteiger partial charge in [0, 0.05) is 11.4 Å².